The molecule has 0 saturated heterocycles. The average Bonchev–Trinajstić information content (AvgIpc) is 2.32. The Hall–Kier alpha value is -0.500. The third-order valence-electron chi connectivity index (χ3n) is 2.69. The summed E-state index contributed by atoms with van der Waals surface area (Å²) < 4.78 is 0. The summed E-state index contributed by atoms with van der Waals surface area (Å²) in [4.78, 5) is 10.7. The maximum absolute atomic E-state index is 10.7. The third kappa shape index (κ3) is 2.25. The van der Waals surface area contributed by atoms with E-state index in [1.807, 2.05) is 27.7 Å². The van der Waals surface area contributed by atoms with Crippen LogP contribution >= 0.6 is 12.4 Å². The topological polar surface area (TPSA) is 37.3 Å². The Kier molecular flexibility index (Phi) is 3.56. The number of rotatable bonds is 2. The molecule has 0 bridgehead atoms. The summed E-state index contributed by atoms with van der Waals surface area (Å²) >= 11 is 0. The minimum absolute atomic E-state index is 0. The van der Waals surface area contributed by atoms with Gasteiger partial charge in [-0.3, -0.25) is 4.79 Å². The highest BCUT2D eigenvalue weighted by atomic mass is 35.5. The van der Waals surface area contributed by atoms with Gasteiger partial charge in [0, 0.05) is 0 Å². The third-order valence-corrected chi connectivity index (χ3v) is 2.69. The summed E-state index contributed by atoms with van der Waals surface area (Å²) in [5.74, 6) is -0.602. The van der Waals surface area contributed by atoms with Crippen LogP contribution in [0.1, 0.15) is 27.7 Å². The first kappa shape index (κ1) is 12.5. The Morgan fingerprint density at radius 1 is 1.38 bits per heavy atom. The number of carbonyl (C=O) groups is 1. The zero-order valence-electron chi connectivity index (χ0n) is 8.50. The maximum atomic E-state index is 10.7. The average molecular weight is 205 g/mol. The first-order valence-electron chi connectivity index (χ1n) is 4.25. The Morgan fingerprint density at radius 3 is 2.08 bits per heavy atom. The summed E-state index contributed by atoms with van der Waals surface area (Å²) in [5, 5.41) is 8.84. The van der Waals surface area contributed by atoms with Gasteiger partial charge >= 0.3 is 5.97 Å². The van der Waals surface area contributed by atoms with Crippen LogP contribution < -0.4 is 0 Å². The highest BCUT2D eigenvalue weighted by molar-refractivity contribution is 5.85. The number of allylic oxidation sites excluding steroid dienone is 2. The van der Waals surface area contributed by atoms with Crippen molar-refractivity contribution in [3.63, 3.8) is 0 Å². The minimum Gasteiger partial charge on any atom is -0.481 e. The predicted molar refractivity (Wildman–Crippen MR) is 55.1 cm³/mol. The van der Waals surface area contributed by atoms with Gasteiger partial charge in [0.05, 0.1) is 5.92 Å². The second-order valence-electron chi connectivity index (χ2n) is 4.41. The largest absolute Gasteiger partial charge is 0.481 e. The summed E-state index contributed by atoms with van der Waals surface area (Å²) in [5.41, 5.74) is 1.17. The van der Waals surface area contributed by atoms with E-state index in [4.69, 9.17) is 5.11 Å². The summed E-state index contributed by atoms with van der Waals surface area (Å²) in [6.45, 7) is 8.03. The molecule has 0 radical (unpaired) electrons. The molecule has 1 aliphatic rings. The van der Waals surface area contributed by atoms with Gasteiger partial charge in [-0.25, -0.2) is 0 Å². The monoisotopic (exact) mass is 204 g/mol. The van der Waals surface area contributed by atoms with Gasteiger partial charge < -0.3 is 5.11 Å². The van der Waals surface area contributed by atoms with E-state index in [1.165, 1.54) is 5.57 Å². The van der Waals surface area contributed by atoms with Gasteiger partial charge in [-0.05, 0) is 25.2 Å². The lowest BCUT2D eigenvalue weighted by atomic mass is 10.1. The number of hydrogen-bond donors (Lipinski definition) is 1. The second-order valence-corrected chi connectivity index (χ2v) is 4.41. The molecule has 1 rings (SSSR count). The van der Waals surface area contributed by atoms with Crippen LogP contribution in [0.5, 0.6) is 0 Å². The molecule has 0 aliphatic heterocycles. The van der Waals surface area contributed by atoms with Crippen molar-refractivity contribution in [1.29, 1.82) is 0 Å². The SMILES string of the molecule is CC(C)=C[C@H]1[C@H](C(=O)O)C1(C)C.Cl. The Bertz CT molecular complexity index is 239. The molecule has 0 aromatic rings. The Balaban J connectivity index is 0.00000144. The van der Waals surface area contributed by atoms with Crippen molar-refractivity contribution < 1.29 is 9.90 Å². The molecule has 76 valence electrons. The summed E-state index contributed by atoms with van der Waals surface area (Å²) in [7, 11) is 0. The van der Waals surface area contributed by atoms with Crippen molar-refractivity contribution in [2.75, 3.05) is 0 Å². The first-order chi connectivity index (χ1) is 5.37. The van der Waals surface area contributed by atoms with Crippen molar-refractivity contribution in [1.82, 2.24) is 0 Å². The number of carboxylic acids is 1. The number of carboxylic acid groups (broad SMARTS) is 1. The maximum Gasteiger partial charge on any atom is 0.307 e. The summed E-state index contributed by atoms with van der Waals surface area (Å²) in [6.07, 6.45) is 2.07. The van der Waals surface area contributed by atoms with Crippen LogP contribution in [0.4, 0.5) is 0 Å². The van der Waals surface area contributed by atoms with E-state index in [-0.39, 0.29) is 29.7 Å². The molecular formula is C10H17ClO2. The molecule has 0 aromatic carbocycles. The molecule has 0 spiro atoms. The van der Waals surface area contributed by atoms with E-state index in [0.717, 1.165) is 0 Å². The molecule has 3 heteroatoms. The van der Waals surface area contributed by atoms with Crippen LogP contribution in [-0.2, 0) is 4.79 Å². The lowest BCUT2D eigenvalue weighted by Crippen LogP contribution is -2.02. The van der Waals surface area contributed by atoms with Gasteiger partial charge in [0.2, 0.25) is 0 Å². The van der Waals surface area contributed by atoms with Gasteiger partial charge in [-0.15, -0.1) is 12.4 Å². The van der Waals surface area contributed by atoms with E-state index in [1.54, 1.807) is 0 Å². The molecule has 1 fully saturated rings. The highest BCUT2D eigenvalue weighted by Gasteiger charge is 2.60. The van der Waals surface area contributed by atoms with Crippen molar-refractivity contribution in [2.45, 2.75) is 27.7 Å². The van der Waals surface area contributed by atoms with Crippen molar-refractivity contribution in [3.8, 4) is 0 Å². The molecular weight excluding hydrogens is 188 g/mol. The molecule has 0 amide bonds. The van der Waals surface area contributed by atoms with Crippen LogP contribution in [0.15, 0.2) is 11.6 Å². The molecule has 1 aliphatic carbocycles. The van der Waals surface area contributed by atoms with Crippen molar-refractivity contribution in [2.24, 2.45) is 17.3 Å². The molecule has 2 nitrogen and oxygen atoms in total. The van der Waals surface area contributed by atoms with Gasteiger partial charge in [-0.2, -0.15) is 0 Å². The highest BCUT2D eigenvalue weighted by Crippen LogP contribution is 2.59. The van der Waals surface area contributed by atoms with Crippen LogP contribution in [0, 0.1) is 17.3 Å². The first-order valence-corrected chi connectivity index (χ1v) is 4.25. The fourth-order valence-corrected chi connectivity index (χ4v) is 1.82. The summed E-state index contributed by atoms with van der Waals surface area (Å²) in [6, 6.07) is 0. The molecule has 1 saturated carbocycles. The molecule has 2 atom stereocenters. The van der Waals surface area contributed by atoms with Crippen LogP contribution in [0.3, 0.4) is 0 Å². The molecule has 1 N–H and O–H groups in total. The van der Waals surface area contributed by atoms with E-state index in [0.29, 0.717) is 0 Å². The number of aliphatic carboxylic acids is 1. The molecule has 0 heterocycles. The van der Waals surface area contributed by atoms with Gasteiger partial charge in [-0.1, -0.05) is 25.5 Å². The van der Waals surface area contributed by atoms with E-state index in [2.05, 4.69) is 6.08 Å². The fourth-order valence-electron chi connectivity index (χ4n) is 1.82. The lowest BCUT2D eigenvalue weighted by Gasteiger charge is -1.96. The zero-order valence-corrected chi connectivity index (χ0v) is 9.31. The number of halogens is 1. The second kappa shape index (κ2) is 3.70. The molecule has 0 unspecified atom stereocenters. The van der Waals surface area contributed by atoms with Crippen LogP contribution in [-0.4, -0.2) is 11.1 Å². The van der Waals surface area contributed by atoms with Crippen molar-refractivity contribution >= 4 is 18.4 Å². The van der Waals surface area contributed by atoms with Crippen molar-refractivity contribution in [3.05, 3.63) is 11.6 Å². The Morgan fingerprint density at radius 2 is 1.85 bits per heavy atom. The molecule has 13 heavy (non-hydrogen) atoms. The van der Waals surface area contributed by atoms with E-state index >= 15 is 0 Å². The smallest absolute Gasteiger partial charge is 0.307 e. The number of hydrogen-bond acceptors (Lipinski definition) is 1. The predicted octanol–water partition coefficient (Wildman–Crippen LogP) is 2.73. The fraction of sp³-hybridized carbons (Fsp3) is 0.700. The lowest BCUT2D eigenvalue weighted by molar-refractivity contribution is -0.139. The normalized spacial score (nSPS) is 28.6. The van der Waals surface area contributed by atoms with Crippen LogP contribution in [0.2, 0.25) is 0 Å². The quantitative estimate of drug-likeness (QED) is 0.703. The van der Waals surface area contributed by atoms with Gasteiger partial charge in [0.1, 0.15) is 0 Å². The Labute approximate surface area is 85.4 Å². The zero-order chi connectivity index (χ0) is 9.52. The van der Waals surface area contributed by atoms with Gasteiger partial charge in [0.15, 0.2) is 0 Å². The van der Waals surface area contributed by atoms with Gasteiger partial charge in [0.25, 0.3) is 0 Å². The van der Waals surface area contributed by atoms with Crippen LogP contribution in [0.25, 0.3) is 0 Å². The molecule has 0 aromatic heterocycles. The standard InChI is InChI=1S/C10H16O2.ClH/c1-6(2)5-7-8(9(11)12)10(7,3)4;/h5,7-8H,1-4H3,(H,11,12);1H/t7-,8+;/m0./s1. The van der Waals surface area contributed by atoms with E-state index in [9.17, 15) is 4.79 Å². The minimum atomic E-state index is -0.664. The van der Waals surface area contributed by atoms with E-state index < -0.39 is 5.97 Å².